The van der Waals surface area contributed by atoms with E-state index in [-0.39, 0.29) is 24.3 Å². The number of carbonyl (C=O) groups excluding carboxylic acids is 4. The van der Waals surface area contributed by atoms with Crippen molar-refractivity contribution in [2.75, 3.05) is 26.2 Å². The molecule has 4 aliphatic rings. The second kappa shape index (κ2) is 16.2. The van der Waals surface area contributed by atoms with Crippen LogP contribution in [0.1, 0.15) is 141 Å². The SMILES string of the molecule is CC(C)(C)OC(=O)N1CCC(c2cc(I)n(C3CCC(=O)C3)n2)CC1.CC(C)(C)OC(=O)N1CCC(c2cc(I)nn2C2CCC(=O)C2)CC1. The summed E-state index contributed by atoms with van der Waals surface area (Å²) in [6, 6.07) is 4.69. The molecule has 0 bridgehead atoms. The fraction of sp³-hybridized carbons (Fsp3) is 0.722. The zero-order chi connectivity index (χ0) is 36.4. The van der Waals surface area contributed by atoms with Crippen LogP contribution in [0.5, 0.6) is 0 Å². The van der Waals surface area contributed by atoms with Gasteiger partial charge in [0.05, 0.1) is 21.5 Å². The number of hydrogen-bond donors (Lipinski definition) is 0. The molecule has 2 aromatic rings. The zero-order valence-corrected chi connectivity index (χ0v) is 34.6. The number of nitrogens with zero attached hydrogens (tertiary/aromatic N) is 6. The Morgan fingerprint density at radius 3 is 1.58 bits per heavy atom. The quantitative estimate of drug-likeness (QED) is 0.285. The Kier molecular flexibility index (Phi) is 12.6. The maximum absolute atomic E-state index is 12.2. The van der Waals surface area contributed by atoms with Gasteiger partial charge in [-0.25, -0.2) is 9.59 Å². The maximum Gasteiger partial charge on any atom is 0.410 e. The van der Waals surface area contributed by atoms with E-state index >= 15 is 0 Å². The van der Waals surface area contributed by atoms with Gasteiger partial charge in [0.1, 0.15) is 26.5 Å². The van der Waals surface area contributed by atoms with Gasteiger partial charge in [-0.3, -0.25) is 19.0 Å². The summed E-state index contributed by atoms with van der Waals surface area (Å²) in [5.41, 5.74) is 1.39. The van der Waals surface area contributed by atoms with Crippen LogP contribution in [-0.2, 0) is 19.1 Å². The second-order valence-electron chi connectivity index (χ2n) is 16.0. The topological polar surface area (TPSA) is 129 Å². The molecular formula is C36H52I2N6O6. The van der Waals surface area contributed by atoms with E-state index in [9.17, 15) is 19.2 Å². The Balaban J connectivity index is 0.000000194. The highest BCUT2D eigenvalue weighted by Crippen LogP contribution is 2.36. The van der Waals surface area contributed by atoms with E-state index in [1.807, 2.05) is 46.2 Å². The molecule has 0 aromatic carbocycles. The Bertz CT molecular complexity index is 1540. The summed E-state index contributed by atoms with van der Waals surface area (Å²) >= 11 is 4.55. The van der Waals surface area contributed by atoms with Crippen molar-refractivity contribution < 1.29 is 28.7 Å². The molecule has 2 unspecified atom stereocenters. The van der Waals surface area contributed by atoms with Crippen LogP contribution in [0.3, 0.4) is 0 Å². The third kappa shape index (κ3) is 10.4. The number of hydrogen-bond acceptors (Lipinski definition) is 8. The number of likely N-dealkylation sites (tertiary alicyclic amines) is 2. The first-order valence-corrected chi connectivity index (χ1v) is 20.1. The van der Waals surface area contributed by atoms with Crippen LogP contribution < -0.4 is 0 Å². The Labute approximate surface area is 323 Å². The van der Waals surface area contributed by atoms with Gasteiger partial charge in [-0.1, -0.05) is 0 Å². The van der Waals surface area contributed by atoms with Gasteiger partial charge < -0.3 is 19.3 Å². The van der Waals surface area contributed by atoms with Crippen LogP contribution in [0, 0.1) is 7.40 Å². The number of halogens is 2. The largest absolute Gasteiger partial charge is 0.444 e. The molecule has 12 nitrogen and oxygen atoms in total. The van der Waals surface area contributed by atoms with Crippen molar-refractivity contribution in [3.63, 3.8) is 0 Å². The number of amides is 2. The van der Waals surface area contributed by atoms with E-state index in [2.05, 4.69) is 67.1 Å². The summed E-state index contributed by atoms with van der Waals surface area (Å²) in [5.74, 6) is 1.42. The van der Waals surface area contributed by atoms with Crippen molar-refractivity contribution in [3.8, 4) is 0 Å². The van der Waals surface area contributed by atoms with Crippen LogP contribution in [0.15, 0.2) is 12.1 Å². The number of ether oxygens (including phenoxy) is 2. The van der Waals surface area contributed by atoms with Crippen molar-refractivity contribution in [3.05, 3.63) is 30.9 Å². The number of aromatic nitrogens is 4. The van der Waals surface area contributed by atoms with E-state index in [1.54, 1.807) is 9.80 Å². The predicted octanol–water partition coefficient (Wildman–Crippen LogP) is 7.79. The van der Waals surface area contributed by atoms with Gasteiger partial charge in [0.2, 0.25) is 0 Å². The lowest BCUT2D eigenvalue weighted by Gasteiger charge is -2.34. The molecule has 2 saturated heterocycles. The lowest BCUT2D eigenvalue weighted by Crippen LogP contribution is -2.41. The minimum absolute atomic E-state index is 0.204. The summed E-state index contributed by atoms with van der Waals surface area (Å²) in [5, 5.41) is 9.45. The highest BCUT2D eigenvalue weighted by Gasteiger charge is 2.33. The smallest absolute Gasteiger partial charge is 0.410 e. The molecule has 0 spiro atoms. The third-order valence-electron chi connectivity index (χ3n) is 9.70. The normalized spacial score (nSPS) is 22.5. The lowest BCUT2D eigenvalue weighted by atomic mass is 9.93. The van der Waals surface area contributed by atoms with Crippen molar-refractivity contribution in [2.24, 2.45) is 0 Å². The van der Waals surface area contributed by atoms with Crippen LogP contribution in [0.4, 0.5) is 9.59 Å². The molecular weight excluding hydrogens is 866 g/mol. The summed E-state index contributed by atoms with van der Waals surface area (Å²) in [6.45, 7) is 14.1. The summed E-state index contributed by atoms with van der Waals surface area (Å²) in [4.78, 5) is 51.2. The van der Waals surface area contributed by atoms with E-state index in [0.717, 1.165) is 51.6 Å². The minimum Gasteiger partial charge on any atom is -0.444 e. The molecule has 0 N–H and O–H groups in total. The summed E-state index contributed by atoms with van der Waals surface area (Å²) in [7, 11) is 0. The van der Waals surface area contributed by atoms with E-state index in [1.165, 1.54) is 5.69 Å². The van der Waals surface area contributed by atoms with Crippen LogP contribution in [0.2, 0.25) is 0 Å². The van der Waals surface area contributed by atoms with Gasteiger partial charge >= 0.3 is 12.2 Å². The number of rotatable bonds is 4. The molecule has 2 atom stereocenters. The Morgan fingerprint density at radius 1 is 0.680 bits per heavy atom. The first-order chi connectivity index (χ1) is 23.5. The first kappa shape index (κ1) is 39.0. The molecule has 2 saturated carbocycles. The Hall–Kier alpha value is -2.24. The van der Waals surface area contributed by atoms with Gasteiger partial charge in [-0.05, 0) is 137 Å². The molecule has 2 aliphatic heterocycles. The molecule has 4 fully saturated rings. The van der Waals surface area contributed by atoms with Gasteiger partial charge in [0.15, 0.2) is 0 Å². The monoisotopic (exact) mass is 918 g/mol. The van der Waals surface area contributed by atoms with Gasteiger partial charge in [-0.15, -0.1) is 0 Å². The second-order valence-corrected chi connectivity index (χ2v) is 18.2. The molecule has 2 aliphatic carbocycles. The highest BCUT2D eigenvalue weighted by molar-refractivity contribution is 14.1. The standard InChI is InChI=1S/2C18H26IN3O3/c1-18(2,3)25-17(24)21-8-6-12(7-9-21)15-11-16(19)20-22(15)13-4-5-14(23)10-13;1-18(2,3)25-17(24)21-8-6-12(7-9-21)15-11-16(19)22(20-15)13-4-5-14(23)10-13/h2*11-13H,4-10H2,1-3H3. The maximum atomic E-state index is 12.2. The van der Waals surface area contributed by atoms with E-state index in [4.69, 9.17) is 14.6 Å². The van der Waals surface area contributed by atoms with Crippen molar-refractivity contribution in [1.82, 2.24) is 29.4 Å². The summed E-state index contributed by atoms with van der Waals surface area (Å²) < 4.78 is 17.1. The molecule has 2 amide bonds. The fourth-order valence-corrected chi connectivity index (χ4v) is 8.57. The average Bonchev–Trinajstić information content (AvgIpc) is 3.83. The zero-order valence-electron chi connectivity index (χ0n) is 30.3. The molecule has 50 heavy (non-hydrogen) atoms. The first-order valence-electron chi connectivity index (χ1n) is 17.9. The predicted molar refractivity (Wildman–Crippen MR) is 205 cm³/mol. The van der Waals surface area contributed by atoms with Crippen molar-refractivity contribution in [2.45, 2.75) is 141 Å². The van der Waals surface area contributed by atoms with E-state index < -0.39 is 11.2 Å². The number of Topliss-reactive ketones (excluding diaryl/α,β-unsaturated/α-hetero) is 2. The number of carbonyl (C=O) groups is 4. The van der Waals surface area contributed by atoms with Crippen molar-refractivity contribution >= 4 is 68.9 Å². The Morgan fingerprint density at radius 2 is 1.14 bits per heavy atom. The molecule has 0 radical (unpaired) electrons. The molecule has 6 rings (SSSR count). The van der Waals surface area contributed by atoms with Gasteiger partial charge in [0.25, 0.3) is 0 Å². The molecule has 2 aromatic heterocycles. The van der Waals surface area contributed by atoms with Crippen molar-refractivity contribution in [1.29, 1.82) is 0 Å². The molecule has 276 valence electrons. The fourth-order valence-electron chi connectivity index (χ4n) is 7.20. The summed E-state index contributed by atoms with van der Waals surface area (Å²) in [6.07, 6.45) is 7.48. The van der Waals surface area contributed by atoms with Gasteiger partial charge in [0, 0.05) is 69.4 Å². The third-order valence-corrected chi connectivity index (χ3v) is 11.0. The van der Waals surface area contributed by atoms with Gasteiger partial charge in [-0.2, -0.15) is 10.2 Å². The average molecular weight is 919 g/mol. The lowest BCUT2D eigenvalue weighted by molar-refractivity contribution is -0.118. The minimum atomic E-state index is -0.461. The van der Waals surface area contributed by atoms with Crippen LogP contribution in [0.25, 0.3) is 0 Å². The van der Waals surface area contributed by atoms with Crippen LogP contribution >= 0.6 is 45.2 Å². The van der Waals surface area contributed by atoms with E-state index in [0.29, 0.717) is 75.3 Å². The number of ketones is 2. The highest BCUT2D eigenvalue weighted by atomic mass is 127. The van der Waals surface area contributed by atoms with Crippen LogP contribution in [-0.4, -0.2) is 90.5 Å². The molecule has 4 heterocycles. The molecule has 14 heteroatoms. The number of piperidine rings is 2.